The van der Waals surface area contributed by atoms with Crippen molar-refractivity contribution in [1.29, 1.82) is 0 Å². The summed E-state index contributed by atoms with van der Waals surface area (Å²) in [5.74, 6) is 7.31. The summed E-state index contributed by atoms with van der Waals surface area (Å²) >= 11 is 0. The number of hydrogen-bond acceptors (Lipinski definition) is 4. The Morgan fingerprint density at radius 1 is 1.11 bits per heavy atom. The quantitative estimate of drug-likeness (QED) is 0.579. The molecule has 5 aliphatic rings. The van der Waals surface area contributed by atoms with Gasteiger partial charge in [0.2, 0.25) is 0 Å². The van der Waals surface area contributed by atoms with Crippen LogP contribution in [0, 0.1) is 23.2 Å². The number of imide groups is 1. The Labute approximate surface area is 112 Å². The molecular formula is C14H20N2O3. The zero-order valence-electron chi connectivity index (χ0n) is 11.2. The number of cyclic esters (lactones) is 1. The molecule has 4 saturated carbocycles. The SMILES string of the molecule is CC1(C23CC4CC(CC(C4)C2)C3)OC(=O)N(N)C1=O. The fourth-order valence-corrected chi connectivity index (χ4v) is 5.61. The number of amides is 2. The lowest BCUT2D eigenvalue weighted by Crippen LogP contribution is -2.61. The third-order valence-corrected chi connectivity index (χ3v) is 6.17. The summed E-state index contributed by atoms with van der Waals surface area (Å²) in [6.45, 7) is 1.78. The fourth-order valence-electron chi connectivity index (χ4n) is 5.61. The van der Waals surface area contributed by atoms with Crippen molar-refractivity contribution in [3.63, 3.8) is 0 Å². The van der Waals surface area contributed by atoms with Crippen LogP contribution in [-0.2, 0) is 9.53 Å². The Bertz CT molecular complexity index is 440. The minimum atomic E-state index is -1.03. The summed E-state index contributed by atoms with van der Waals surface area (Å²) in [5, 5.41) is 0.665. The molecule has 0 radical (unpaired) electrons. The molecule has 5 heteroatoms. The molecule has 4 bridgehead atoms. The van der Waals surface area contributed by atoms with E-state index in [9.17, 15) is 9.59 Å². The maximum Gasteiger partial charge on any atom is 0.432 e. The predicted molar refractivity (Wildman–Crippen MR) is 66.5 cm³/mol. The Morgan fingerprint density at radius 3 is 1.95 bits per heavy atom. The normalized spacial score (nSPS) is 51.9. The van der Waals surface area contributed by atoms with Gasteiger partial charge in [0, 0.05) is 5.41 Å². The van der Waals surface area contributed by atoms with Gasteiger partial charge in [-0.1, -0.05) is 0 Å². The molecule has 5 fully saturated rings. The zero-order chi connectivity index (χ0) is 13.4. The molecule has 1 atom stereocenters. The largest absolute Gasteiger partial charge is 0.432 e. The number of nitrogens with zero attached hydrogens (tertiary/aromatic N) is 1. The lowest BCUT2D eigenvalue weighted by atomic mass is 9.45. The number of hydrazine groups is 1. The smallest absolute Gasteiger partial charge is 0.431 e. The molecule has 1 unspecified atom stereocenters. The molecule has 1 saturated heterocycles. The minimum absolute atomic E-state index is 0.164. The maximum absolute atomic E-state index is 12.4. The van der Waals surface area contributed by atoms with Crippen molar-refractivity contribution in [2.45, 2.75) is 51.0 Å². The van der Waals surface area contributed by atoms with Crippen LogP contribution < -0.4 is 5.84 Å². The van der Waals surface area contributed by atoms with Gasteiger partial charge in [-0.3, -0.25) is 4.79 Å². The first-order chi connectivity index (χ1) is 8.93. The second kappa shape index (κ2) is 3.32. The van der Waals surface area contributed by atoms with Gasteiger partial charge in [-0.2, -0.15) is 5.01 Å². The van der Waals surface area contributed by atoms with Gasteiger partial charge in [0.25, 0.3) is 5.91 Å². The molecule has 2 N–H and O–H groups in total. The Kier molecular flexibility index (Phi) is 2.04. The summed E-state index contributed by atoms with van der Waals surface area (Å²) in [5.41, 5.74) is -1.20. The highest BCUT2D eigenvalue weighted by atomic mass is 16.6. The lowest BCUT2D eigenvalue weighted by Gasteiger charge is -2.60. The van der Waals surface area contributed by atoms with Crippen LogP contribution in [0.2, 0.25) is 0 Å². The fraction of sp³-hybridized carbons (Fsp3) is 0.857. The van der Waals surface area contributed by atoms with Crippen molar-refractivity contribution >= 4 is 12.0 Å². The standard InChI is InChI=1S/C14H20N2O3/c1-13(11(17)16(15)12(18)19-13)14-5-8-2-9(6-14)4-10(3-8)7-14/h8-10H,2-7,15H2,1H3. The average Bonchev–Trinajstić information content (AvgIpc) is 2.53. The number of rotatable bonds is 1. The molecule has 4 aliphatic carbocycles. The topological polar surface area (TPSA) is 72.6 Å². The molecule has 19 heavy (non-hydrogen) atoms. The second-order valence-corrected chi connectivity index (χ2v) is 7.27. The van der Waals surface area contributed by atoms with E-state index < -0.39 is 11.7 Å². The van der Waals surface area contributed by atoms with Crippen LogP contribution in [0.4, 0.5) is 4.79 Å². The van der Waals surface area contributed by atoms with Crippen LogP contribution in [-0.4, -0.2) is 22.6 Å². The molecule has 1 aliphatic heterocycles. The predicted octanol–water partition coefficient (Wildman–Crippen LogP) is 1.81. The number of ether oxygens (including phenoxy) is 1. The van der Waals surface area contributed by atoms with Crippen LogP contribution >= 0.6 is 0 Å². The van der Waals surface area contributed by atoms with E-state index in [1.807, 2.05) is 0 Å². The first-order valence-corrected chi connectivity index (χ1v) is 7.26. The minimum Gasteiger partial charge on any atom is -0.431 e. The number of nitrogens with two attached hydrogens (primary N) is 1. The Morgan fingerprint density at radius 2 is 1.58 bits per heavy atom. The lowest BCUT2D eigenvalue weighted by molar-refractivity contribution is -0.174. The van der Waals surface area contributed by atoms with E-state index in [0.717, 1.165) is 19.3 Å². The maximum atomic E-state index is 12.4. The van der Waals surface area contributed by atoms with Crippen molar-refractivity contribution < 1.29 is 14.3 Å². The van der Waals surface area contributed by atoms with Crippen molar-refractivity contribution in [2.75, 3.05) is 0 Å². The molecular weight excluding hydrogens is 244 g/mol. The van der Waals surface area contributed by atoms with Crippen LogP contribution in [0.5, 0.6) is 0 Å². The number of carbonyl (C=O) groups is 2. The van der Waals surface area contributed by atoms with Gasteiger partial charge in [-0.05, 0) is 63.2 Å². The van der Waals surface area contributed by atoms with Gasteiger partial charge < -0.3 is 4.74 Å². The van der Waals surface area contributed by atoms with E-state index >= 15 is 0 Å². The molecule has 104 valence electrons. The molecule has 0 aromatic carbocycles. The van der Waals surface area contributed by atoms with Gasteiger partial charge in [0.15, 0.2) is 5.60 Å². The van der Waals surface area contributed by atoms with Crippen molar-refractivity contribution in [3.05, 3.63) is 0 Å². The summed E-state index contributed by atoms with van der Waals surface area (Å²) in [7, 11) is 0. The van der Waals surface area contributed by atoms with Crippen molar-refractivity contribution in [3.8, 4) is 0 Å². The van der Waals surface area contributed by atoms with Gasteiger partial charge >= 0.3 is 6.09 Å². The van der Waals surface area contributed by atoms with Crippen LogP contribution in [0.25, 0.3) is 0 Å². The monoisotopic (exact) mass is 264 g/mol. The van der Waals surface area contributed by atoms with E-state index in [1.54, 1.807) is 6.92 Å². The van der Waals surface area contributed by atoms with Crippen molar-refractivity contribution in [2.24, 2.45) is 29.0 Å². The van der Waals surface area contributed by atoms with Crippen LogP contribution in [0.3, 0.4) is 0 Å². The van der Waals surface area contributed by atoms with Crippen molar-refractivity contribution in [1.82, 2.24) is 5.01 Å². The molecule has 2 amide bonds. The highest BCUT2D eigenvalue weighted by Crippen LogP contribution is 2.65. The molecule has 0 aromatic rings. The second-order valence-electron chi connectivity index (χ2n) is 7.27. The van der Waals surface area contributed by atoms with Gasteiger partial charge in [-0.25, -0.2) is 10.6 Å². The Balaban J connectivity index is 1.76. The van der Waals surface area contributed by atoms with E-state index in [1.165, 1.54) is 19.3 Å². The van der Waals surface area contributed by atoms with E-state index in [2.05, 4.69) is 0 Å². The summed E-state index contributed by atoms with van der Waals surface area (Å²) in [6, 6.07) is 0. The first kappa shape index (κ1) is 11.7. The molecule has 5 rings (SSSR count). The highest BCUT2D eigenvalue weighted by Gasteiger charge is 2.67. The number of hydrogen-bond donors (Lipinski definition) is 1. The third-order valence-electron chi connectivity index (χ3n) is 6.17. The molecule has 5 nitrogen and oxygen atoms in total. The van der Waals surface area contributed by atoms with Gasteiger partial charge in [0.1, 0.15) is 0 Å². The molecule has 0 spiro atoms. The van der Waals surface area contributed by atoms with E-state index in [-0.39, 0.29) is 11.3 Å². The van der Waals surface area contributed by atoms with Crippen LogP contribution in [0.1, 0.15) is 45.4 Å². The average molecular weight is 264 g/mol. The Hall–Kier alpha value is -1.10. The summed E-state index contributed by atoms with van der Waals surface area (Å²) in [4.78, 5) is 24.1. The first-order valence-electron chi connectivity index (χ1n) is 7.26. The van der Waals surface area contributed by atoms with E-state index in [4.69, 9.17) is 10.6 Å². The van der Waals surface area contributed by atoms with Gasteiger partial charge in [0.05, 0.1) is 0 Å². The molecule has 0 aromatic heterocycles. The highest BCUT2D eigenvalue weighted by molar-refractivity contribution is 6.02. The van der Waals surface area contributed by atoms with Gasteiger partial charge in [-0.15, -0.1) is 0 Å². The molecule has 1 heterocycles. The third kappa shape index (κ3) is 1.29. The number of carbonyl (C=O) groups excluding carboxylic acids is 2. The zero-order valence-corrected chi connectivity index (χ0v) is 11.2. The van der Waals surface area contributed by atoms with E-state index in [0.29, 0.717) is 22.8 Å². The van der Waals surface area contributed by atoms with Crippen LogP contribution in [0.15, 0.2) is 0 Å². The summed E-state index contributed by atoms with van der Waals surface area (Å²) < 4.78 is 5.47. The summed E-state index contributed by atoms with van der Waals surface area (Å²) in [6.07, 6.45) is 6.24.